The van der Waals surface area contributed by atoms with Crippen LogP contribution in [0.5, 0.6) is 0 Å². The van der Waals surface area contributed by atoms with Crippen LogP contribution < -0.4 is 10.2 Å². The molecule has 2 atom stereocenters. The molecule has 2 aliphatic heterocycles. The Hall–Kier alpha value is -3.00. The van der Waals surface area contributed by atoms with Gasteiger partial charge in [-0.2, -0.15) is 0 Å². The number of nitrogens with one attached hydrogen (secondary N) is 1. The molecule has 2 unspecified atom stereocenters. The Balaban J connectivity index is 1.31. The second-order valence-electron chi connectivity index (χ2n) is 10.6. The zero-order chi connectivity index (χ0) is 26.0. The van der Waals surface area contributed by atoms with E-state index in [0.717, 1.165) is 69.3 Å². The van der Waals surface area contributed by atoms with Gasteiger partial charge in [-0.3, -0.25) is 4.79 Å². The zero-order valence-electron chi connectivity index (χ0n) is 21.3. The molecule has 5 rings (SSSR count). The number of carbonyl (C=O) groups is 2. The van der Waals surface area contributed by atoms with Crippen LogP contribution in [0.15, 0.2) is 42.5 Å². The molecule has 2 heterocycles. The fourth-order valence-electron chi connectivity index (χ4n) is 6.45. The van der Waals surface area contributed by atoms with E-state index in [1.807, 2.05) is 0 Å². The normalized spacial score (nSPS) is 23.4. The summed E-state index contributed by atoms with van der Waals surface area (Å²) in [4.78, 5) is 29.7. The summed E-state index contributed by atoms with van der Waals surface area (Å²) in [6, 6.07) is 10.8. The Kier molecular flexibility index (Phi) is 7.47. The highest BCUT2D eigenvalue weighted by molar-refractivity contribution is 6.07. The minimum atomic E-state index is -0.387. The van der Waals surface area contributed by atoms with Crippen LogP contribution in [0.3, 0.4) is 0 Å². The van der Waals surface area contributed by atoms with Crippen molar-refractivity contribution in [2.45, 2.75) is 69.4 Å². The molecule has 6 nitrogen and oxygen atoms in total. The first-order valence-electron chi connectivity index (χ1n) is 13.4. The SMILES string of the molecule is CCOC(=O)NC1CCCCC(N2CCC3(CC2)CN(C(=O)c2ccc(F)cc2)c2ccc(F)cc23)C1. The van der Waals surface area contributed by atoms with Crippen molar-refractivity contribution in [1.82, 2.24) is 10.2 Å². The summed E-state index contributed by atoms with van der Waals surface area (Å²) in [5.41, 5.74) is 1.75. The number of halogens is 2. The largest absolute Gasteiger partial charge is 0.450 e. The molecule has 0 radical (unpaired) electrons. The maximum atomic E-state index is 14.4. The van der Waals surface area contributed by atoms with Crippen LogP contribution in [-0.2, 0) is 10.2 Å². The molecule has 2 aromatic carbocycles. The molecular weight excluding hydrogens is 476 g/mol. The summed E-state index contributed by atoms with van der Waals surface area (Å²) in [7, 11) is 0. The molecule has 1 N–H and O–H groups in total. The van der Waals surface area contributed by atoms with Crippen molar-refractivity contribution in [2.75, 3.05) is 31.1 Å². The molecule has 0 bridgehead atoms. The van der Waals surface area contributed by atoms with Crippen LogP contribution in [0.1, 0.15) is 67.8 Å². The minimum absolute atomic E-state index is 0.104. The van der Waals surface area contributed by atoms with Crippen molar-refractivity contribution in [3.63, 3.8) is 0 Å². The van der Waals surface area contributed by atoms with Gasteiger partial charge in [0.05, 0.1) is 6.61 Å². The monoisotopic (exact) mass is 511 g/mol. The minimum Gasteiger partial charge on any atom is -0.450 e. The van der Waals surface area contributed by atoms with Gasteiger partial charge in [-0.1, -0.05) is 12.8 Å². The number of likely N-dealkylation sites (tertiary alicyclic amines) is 1. The van der Waals surface area contributed by atoms with Gasteiger partial charge < -0.3 is 19.9 Å². The number of hydrogen-bond acceptors (Lipinski definition) is 4. The van der Waals surface area contributed by atoms with Crippen LogP contribution in [0.4, 0.5) is 19.3 Å². The van der Waals surface area contributed by atoms with Crippen molar-refractivity contribution >= 4 is 17.7 Å². The second kappa shape index (κ2) is 10.8. The number of piperidine rings is 1. The fourth-order valence-corrected chi connectivity index (χ4v) is 6.45. The fraction of sp³-hybridized carbons (Fsp3) is 0.517. The van der Waals surface area contributed by atoms with Crippen molar-refractivity contribution < 1.29 is 23.1 Å². The highest BCUT2D eigenvalue weighted by Crippen LogP contribution is 2.48. The van der Waals surface area contributed by atoms with Gasteiger partial charge in [0, 0.05) is 35.3 Å². The lowest BCUT2D eigenvalue weighted by Gasteiger charge is -2.43. The van der Waals surface area contributed by atoms with Gasteiger partial charge in [-0.15, -0.1) is 0 Å². The molecule has 8 heteroatoms. The lowest BCUT2D eigenvalue weighted by molar-refractivity contribution is 0.0934. The van der Waals surface area contributed by atoms with E-state index in [0.29, 0.717) is 24.8 Å². The van der Waals surface area contributed by atoms with Gasteiger partial charge >= 0.3 is 6.09 Å². The Morgan fingerprint density at radius 3 is 2.46 bits per heavy atom. The Morgan fingerprint density at radius 2 is 1.73 bits per heavy atom. The second-order valence-corrected chi connectivity index (χ2v) is 10.6. The summed E-state index contributed by atoms with van der Waals surface area (Å²) in [6.07, 6.45) is 6.45. The Labute approximate surface area is 217 Å². The third-order valence-corrected chi connectivity index (χ3v) is 8.38. The highest BCUT2D eigenvalue weighted by atomic mass is 19.1. The van der Waals surface area contributed by atoms with E-state index in [2.05, 4.69) is 10.2 Å². The van der Waals surface area contributed by atoms with E-state index >= 15 is 0 Å². The summed E-state index contributed by atoms with van der Waals surface area (Å²) < 4.78 is 32.9. The standard InChI is InChI=1S/C29H35F2N3O3/c1-2-37-28(36)32-23-5-3-4-6-24(18-23)33-15-13-29(14-16-33)19-34(26-12-11-22(31)17-25(26)29)27(35)20-7-9-21(30)10-8-20/h7-12,17,23-24H,2-6,13-16,18-19H2,1H3,(H,32,36). The van der Waals surface area contributed by atoms with E-state index in [1.54, 1.807) is 24.0 Å². The molecule has 2 amide bonds. The molecule has 2 aromatic rings. The average molecular weight is 512 g/mol. The van der Waals surface area contributed by atoms with E-state index in [9.17, 15) is 18.4 Å². The molecule has 1 saturated heterocycles. The molecule has 1 aliphatic carbocycles. The number of benzene rings is 2. The lowest BCUT2D eigenvalue weighted by atomic mass is 9.74. The number of ether oxygens (including phenoxy) is 1. The third kappa shape index (κ3) is 5.35. The quantitative estimate of drug-likeness (QED) is 0.558. The number of nitrogens with zero attached hydrogens (tertiary/aromatic N) is 2. The number of anilines is 1. The van der Waals surface area contributed by atoms with Crippen LogP contribution in [-0.4, -0.2) is 55.2 Å². The van der Waals surface area contributed by atoms with Crippen LogP contribution in [0.2, 0.25) is 0 Å². The molecule has 1 saturated carbocycles. The van der Waals surface area contributed by atoms with Crippen molar-refractivity contribution in [3.05, 3.63) is 65.2 Å². The lowest BCUT2D eigenvalue weighted by Crippen LogP contribution is -2.50. The number of alkyl carbamates (subject to hydrolysis) is 1. The van der Waals surface area contributed by atoms with E-state index < -0.39 is 0 Å². The maximum absolute atomic E-state index is 14.4. The number of carbonyl (C=O) groups excluding carboxylic acids is 2. The smallest absolute Gasteiger partial charge is 0.407 e. The summed E-state index contributed by atoms with van der Waals surface area (Å²) in [6.45, 7) is 4.36. The first-order chi connectivity index (χ1) is 17.9. The molecular formula is C29H35F2N3O3. The van der Waals surface area contributed by atoms with Gasteiger partial charge in [0.25, 0.3) is 5.91 Å². The predicted octanol–water partition coefficient (Wildman–Crippen LogP) is 5.41. The summed E-state index contributed by atoms with van der Waals surface area (Å²) in [5.74, 6) is -0.875. The molecule has 0 aromatic heterocycles. The van der Waals surface area contributed by atoms with E-state index in [-0.39, 0.29) is 35.1 Å². The predicted molar refractivity (Wildman–Crippen MR) is 138 cm³/mol. The first kappa shape index (κ1) is 25.6. The van der Waals surface area contributed by atoms with Crippen LogP contribution >= 0.6 is 0 Å². The third-order valence-electron chi connectivity index (χ3n) is 8.38. The van der Waals surface area contributed by atoms with Gasteiger partial charge in [0.2, 0.25) is 0 Å². The summed E-state index contributed by atoms with van der Waals surface area (Å²) in [5, 5.41) is 3.04. The van der Waals surface area contributed by atoms with Crippen LogP contribution in [0.25, 0.3) is 0 Å². The zero-order valence-corrected chi connectivity index (χ0v) is 21.3. The Morgan fingerprint density at radius 1 is 1.03 bits per heavy atom. The number of fused-ring (bicyclic) bond motifs is 2. The highest BCUT2D eigenvalue weighted by Gasteiger charge is 2.47. The van der Waals surface area contributed by atoms with Gasteiger partial charge in [0.15, 0.2) is 0 Å². The number of rotatable bonds is 4. The maximum Gasteiger partial charge on any atom is 0.407 e. The molecule has 198 valence electrons. The van der Waals surface area contributed by atoms with E-state index in [4.69, 9.17) is 4.74 Å². The molecule has 37 heavy (non-hydrogen) atoms. The van der Waals surface area contributed by atoms with Crippen molar-refractivity contribution in [3.8, 4) is 0 Å². The first-order valence-corrected chi connectivity index (χ1v) is 13.4. The van der Waals surface area contributed by atoms with Gasteiger partial charge in [-0.05, 0) is 100 Å². The molecule has 1 spiro atoms. The Bertz CT molecular complexity index is 1130. The van der Waals surface area contributed by atoms with Crippen LogP contribution in [0, 0.1) is 11.6 Å². The van der Waals surface area contributed by atoms with Gasteiger partial charge in [-0.25, -0.2) is 13.6 Å². The average Bonchev–Trinajstić information content (AvgIpc) is 3.02. The van der Waals surface area contributed by atoms with Gasteiger partial charge in [0.1, 0.15) is 11.6 Å². The molecule has 2 fully saturated rings. The topological polar surface area (TPSA) is 61.9 Å². The van der Waals surface area contributed by atoms with Crippen molar-refractivity contribution in [2.24, 2.45) is 0 Å². The van der Waals surface area contributed by atoms with Crippen molar-refractivity contribution in [1.29, 1.82) is 0 Å². The van der Waals surface area contributed by atoms with E-state index in [1.165, 1.54) is 30.3 Å². The summed E-state index contributed by atoms with van der Waals surface area (Å²) >= 11 is 0. The number of amides is 2. The number of hydrogen-bond donors (Lipinski definition) is 1. The molecule has 3 aliphatic rings.